The molecule has 0 aliphatic carbocycles. The highest BCUT2D eigenvalue weighted by Crippen LogP contribution is 2.36. The Bertz CT molecular complexity index is 753. The second kappa shape index (κ2) is 8.36. The van der Waals surface area contributed by atoms with E-state index in [2.05, 4.69) is 5.32 Å². The van der Waals surface area contributed by atoms with Crippen molar-refractivity contribution in [2.45, 2.75) is 72.2 Å². The van der Waals surface area contributed by atoms with Crippen molar-refractivity contribution in [1.82, 2.24) is 5.32 Å². The highest BCUT2D eigenvalue weighted by molar-refractivity contribution is 6.62. The summed E-state index contributed by atoms with van der Waals surface area (Å²) in [6.45, 7) is 15.2. The van der Waals surface area contributed by atoms with Gasteiger partial charge in [-0.2, -0.15) is 0 Å². The quantitative estimate of drug-likeness (QED) is 0.445. The van der Waals surface area contributed by atoms with Gasteiger partial charge in [-0.3, -0.25) is 4.79 Å². The molecule has 1 aromatic carbocycles. The fraction of sp³-hybridized carbons (Fsp3) is 0.619. The van der Waals surface area contributed by atoms with Gasteiger partial charge in [-0.1, -0.05) is 6.07 Å². The molecule has 7 nitrogen and oxygen atoms in total. The standard InChI is InChI=1S/C21H32BNO6/c1-14(24)16-13-15(22-28-20(5,6)21(7,8)29-22)9-10-17(16)26-12-11-23-18(25)27-19(2,3)4/h9-10,13H,11-12H2,1-8H3,(H,23,25). The number of ether oxygens (including phenoxy) is 2. The van der Waals surface area contributed by atoms with Crippen LogP contribution in [0.4, 0.5) is 4.79 Å². The van der Waals surface area contributed by atoms with E-state index >= 15 is 0 Å². The van der Waals surface area contributed by atoms with E-state index in [0.717, 1.165) is 5.46 Å². The van der Waals surface area contributed by atoms with Crippen LogP contribution in [0.1, 0.15) is 65.7 Å². The van der Waals surface area contributed by atoms with Crippen molar-refractivity contribution in [3.05, 3.63) is 23.8 Å². The van der Waals surface area contributed by atoms with E-state index in [1.165, 1.54) is 6.92 Å². The summed E-state index contributed by atoms with van der Waals surface area (Å²) in [6.07, 6.45) is -0.510. The van der Waals surface area contributed by atoms with Crippen LogP contribution in [0.2, 0.25) is 0 Å². The third kappa shape index (κ3) is 5.96. The number of Topliss-reactive ketones (excluding diaryl/α,β-unsaturated/α-hetero) is 1. The predicted molar refractivity (Wildman–Crippen MR) is 112 cm³/mol. The minimum Gasteiger partial charge on any atom is -0.491 e. The molecule has 1 amide bonds. The Hall–Kier alpha value is -2.06. The summed E-state index contributed by atoms with van der Waals surface area (Å²) in [5.74, 6) is 0.322. The summed E-state index contributed by atoms with van der Waals surface area (Å²) in [7, 11) is -0.555. The monoisotopic (exact) mass is 405 g/mol. The van der Waals surface area contributed by atoms with E-state index < -0.39 is 30.0 Å². The molecule has 0 radical (unpaired) electrons. The van der Waals surface area contributed by atoms with Crippen molar-refractivity contribution in [2.24, 2.45) is 0 Å². The number of benzene rings is 1. The summed E-state index contributed by atoms with van der Waals surface area (Å²) in [5, 5.41) is 2.62. The highest BCUT2D eigenvalue weighted by atomic mass is 16.7. The van der Waals surface area contributed by atoms with Crippen molar-refractivity contribution in [3.63, 3.8) is 0 Å². The highest BCUT2D eigenvalue weighted by Gasteiger charge is 2.51. The van der Waals surface area contributed by atoms with E-state index in [1.807, 2.05) is 33.8 Å². The average Bonchev–Trinajstić information content (AvgIpc) is 2.77. The van der Waals surface area contributed by atoms with Crippen LogP contribution < -0.4 is 15.5 Å². The van der Waals surface area contributed by atoms with E-state index in [1.54, 1.807) is 32.9 Å². The van der Waals surface area contributed by atoms with Crippen LogP contribution in [0.5, 0.6) is 5.75 Å². The largest absolute Gasteiger partial charge is 0.494 e. The Labute approximate surface area is 173 Å². The lowest BCUT2D eigenvalue weighted by atomic mass is 9.78. The van der Waals surface area contributed by atoms with Crippen LogP contribution in [0.15, 0.2) is 18.2 Å². The number of carbonyl (C=O) groups excluding carboxylic acids is 2. The number of amides is 1. The zero-order chi connectivity index (χ0) is 22.0. The average molecular weight is 405 g/mol. The molecular weight excluding hydrogens is 373 g/mol. The molecule has 0 bridgehead atoms. The Morgan fingerprint density at radius 1 is 1.10 bits per heavy atom. The number of nitrogens with one attached hydrogen (secondary N) is 1. The zero-order valence-corrected chi connectivity index (χ0v) is 18.7. The van der Waals surface area contributed by atoms with Crippen LogP contribution in [0.25, 0.3) is 0 Å². The summed E-state index contributed by atoms with van der Waals surface area (Å²) < 4.78 is 23.0. The van der Waals surface area contributed by atoms with Gasteiger partial charge >= 0.3 is 13.2 Å². The first kappa shape index (κ1) is 23.2. The lowest BCUT2D eigenvalue weighted by Gasteiger charge is -2.32. The van der Waals surface area contributed by atoms with Gasteiger partial charge < -0.3 is 24.1 Å². The first-order chi connectivity index (χ1) is 13.2. The molecule has 1 N–H and O–H groups in total. The summed E-state index contributed by atoms with van der Waals surface area (Å²) >= 11 is 0. The second-order valence-electron chi connectivity index (χ2n) is 9.18. The molecule has 0 unspecified atom stereocenters. The molecular formula is C21H32BNO6. The Kier molecular flexibility index (Phi) is 6.70. The van der Waals surface area contributed by atoms with Crippen molar-refractivity contribution in [2.75, 3.05) is 13.2 Å². The normalized spacial score (nSPS) is 17.7. The SMILES string of the molecule is CC(=O)c1cc(B2OC(C)(C)C(C)(C)O2)ccc1OCCNC(=O)OC(C)(C)C. The van der Waals surface area contributed by atoms with Gasteiger partial charge in [0.25, 0.3) is 0 Å². The minimum atomic E-state index is -0.559. The van der Waals surface area contributed by atoms with Gasteiger partial charge in [0.2, 0.25) is 0 Å². The van der Waals surface area contributed by atoms with Crippen LogP contribution in [-0.2, 0) is 14.0 Å². The summed E-state index contributed by atoms with van der Waals surface area (Å²) in [5.41, 5.74) is -0.286. The molecule has 0 aromatic heterocycles. The van der Waals surface area contributed by atoms with E-state index in [4.69, 9.17) is 18.8 Å². The van der Waals surface area contributed by atoms with Gasteiger partial charge in [0.1, 0.15) is 18.0 Å². The molecule has 1 aliphatic rings. The van der Waals surface area contributed by atoms with Gasteiger partial charge in [-0.05, 0) is 73.0 Å². The van der Waals surface area contributed by atoms with Crippen LogP contribution in [-0.4, -0.2) is 48.9 Å². The van der Waals surface area contributed by atoms with Crippen molar-refractivity contribution in [3.8, 4) is 5.75 Å². The molecule has 2 rings (SSSR count). The lowest BCUT2D eigenvalue weighted by molar-refractivity contribution is 0.00578. The van der Waals surface area contributed by atoms with Crippen LogP contribution in [0, 0.1) is 0 Å². The second-order valence-corrected chi connectivity index (χ2v) is 9.18. The molecule has 0 saturated carbocycles. The topological polar surface area (TPSA) is 83.1 Å². The first-order valence-electron chi connectivity index (χ1n) is 9.82. The number of rotatable bonds is 6. The maximum atomic E-state index is 12.1. The number of ketones is 1. The molecule has 1 aromatic rings. The number of hydrogen-bond donors (Lipinski definition) is 1. The molecule has 0 spiro atoms. The maximum absolute atomic E-state index is 12.1. The predicted octanol–water partition coefficient (Wildman–Crippen LogP) is 3.09. The van der Waals surface area contributed by atoms with Gasteiger partial charge in [0.15, 0.2) is 5.78 Å². The number of hydrogen-bond acceptors (Lipinski definition) is 6. The summed E-state index contributed by atoms with van der Waals surface area (Å²) in [6, 6.07) is 5.29. The Morgan fingerprint density at radius 3 is 2.21 bits per heavy atom. The van der Waals surface area contributed by atoms with Crippen molar-refractivity contribution in [1.29, 1.82) is 0 Å². The molecule has 1 heterocycles. The fourth-order valence-corrected chi connectivity index (χ4v) is 2.70. The molecule has 1 fully saturated rings. The third-order valence-electron chi connectivity index (χ3n) is 4.94. The maximum Gasteiger partial charge on any atom is 0.494 e. The first-order valence-corrected chi connectivity index (χ1v) is 9.82. The van der Waals surface area contributed by atoms with Crippen LogP contribution in [0.3, 0.4) is 0 Å². The van der Waals surface area contributed by atoms with Gasteiger partial charge in [0, 0.05) is 0 Å². The van der Waals surface area contributed by atoms with Crippen molar-refractivity contribution >= 4 is 24.5 Å². The van der Waals surface area contributed by atoms with Gasteiger partial charge in [-0.15, -0.1) is 0 Å². The molecule has 8 heteroatoms. The Balaban J connectivity index is 2.02. The van der Waals surface area contributed by atoms with E-state index in [-0.39, 0.29) is 18.9 Å². The summed E-state index contributed by atoms with van der Waals surface area (Å²) in [4.78, 5) is 23.8. The van der Waals surface area contributed by atoms with E-state index in [0.29, 0.717) is 11.3 Å². The Morgan fingerprint density at radius 2 is 1.69 bits per heavy atom. The fourth-order valence-electron chi connectivity index (χ4n) is 2.70. The van der Waals surface area contributed by atoms with Crippen LogP contribution >= 0.6 is 0 Å². The molecule has 29 heavy (non-hydrogen) atoms. The third-order valence-corrected chi connectivity index (χ3v) is 4.94. The number of alkyl carbamates (subject to hydrolysis) is 1. The minimum absolute atomic E-state index is 0.126. The number of carbonyl (C=O) groups is 2. The van der Waals surface area contributed by atoms with Crippen molar-refractivity contribution < 1.29 is 28.4 Å². The van der Waals surface area contributed by atoms with E-state index in [9.17, 15) is 9.59 Å². The zero-order valence-electron chi connectivity index (χ0n) is 18.7. The molecule has 160 valence electrons. The molecule has 0 atom stereocenters. The van der Waals surface area contributed by atoms with Gasteiger partial charge in [-0.25, -0.2) is 4.79 Å². The lowest BCUT2D eigenvalue weighted by Crippen LogP contribution is -2.41. The smallest absolute Gasteiger partial charge is 0.491 e. The van der Waals surface area contributed by atoms with Gasteiger partial charge in [0.05, 0.1) is 23.3 Å². The molecule has 1 aliphatic heterocycles. The molecule has 1 saturated heterocycles.